The molecule has 9 nitrogen and oxygen atoms in total. The molecule has 3 amide bonds. The van der Waals surface area contributed by atoms with Crippen molar-refractivity contribution in [1.29, 1.82) is 0 Å². The Hall–Kier alpha value is -4.01. The fourth-order valence-corrected chi connectivity index (χ4v) is 3.74. The van der Waals surface area contributed by atoms with E-state index in [-0.39, 0.29) is 18.2 Å². The number of hydrogen-bond acceptors (Lipinski definition) is 6. The topological polar surface area (TPSA) is 130 Å². The number of aromatic nitrogens is 1. The third-order valence-corrected chi connectivity index (χ3v) is 5.25. The molecule has 2 aromatic rings. The maximum absolute atomic E-state index is 13.1. The highest BCUT2D eigenvalue weighted by Crippen LogP contribution is 2.29. The van der Waals surface area contributed by atoms with E-state index in [9.17, 15) is 14.4 Å². The van der Waals surface area contributed by atoms with Crippen molar-refractivity contribution in [3.8, 4) is 0 Å². The van der Waals surface area contributed by atoms with Crippen LogP contribution in [0.5, 0.6) is 0 Å². The van der Waals surface area contributed by atoms with E-state index in [1.807, 2.05) is 24.8 Å². The minimum Gasteiger partial charge on any atom is -0.387 e. The Morgan fingerprint density at radius 3 is 2.62 bits per heavy atom. The van der Waals surface area contributed by atoms with E-state index in [4.69, 9.17) is 5.73 Å². The Morgan fingerprint density at radius 1 is 1.15 bits per heavy atom. The number of benzene rings is 1. The molecule has 0 saturated carbocycles. The third-order valence-electron chi connectivity index (χ3n) is 5.25. The summed E-state index contributed by atoms with van der Waals surface area (Å²) in [6, 6.07) is 6.85. The lowest BCUT2D eigenvalue weighted by molar-refractivity contribution is -0.127. The summed E-state index contributed by atoms with van der Waals surface area (Å²) in [4.78, 5) is 46.8. The largest absolute Gasteiger partial charge is 0.387 e. The van der Waals surface area contributed by atoms with Crippen LogP contribution in [0.3, 0.4) is 0 Å². The fraction of sp³-hybridized carbons (Fsp3) is 0.320. The molecule has 0 atom stereocenters. The number of nitrogens with zero attached hydrogens (tertiary/aromatic N) is 3. The van der Waals surface area contributed by atoms with Crippen LogP contribution in [0, 0.1) is 0 Å². The lowest BCUT2D eigenvalue weighted by atomic mass is 10.0. The van der Waals surface area contributed by atoms with Gasteiger partial charge < -0.3 is 21.3 Å². The molecule has 0 bridgehead atoms. The van der Waals surface area contributed by atoms with Crippen LogP contribution in [0.4, 0.5) is 11.4 Å². The first-order valence-corrected chi connectivity index (χ1v) is 11.3. The zero-order chi connectivity index (χ0) is 24.5. The normalized spacial score (nSPS) is 12.5. The van der Waals surface area contributed by atoms with Crippen molar-refractivity contribution in [1.82, 2.24) is 15.2 Å². The van der Waals surface area contributed by atoms with Gasteiger partial charge in [0.25, 0.3) is 5.91 Å². The molecule has 0 radical (unpaired) electrons. The number of fused-ring (bicyclic) bond motifs is 1. The number of pyridine rings is 1. The predicted molar refractivity (Wildman–Crippen MR) is 133 cm³/mol. The summed E-state index contributed by atoms with van der Waals surface area (Å²) in [6.45, 7) is 5.78. The maximum atomic E-state index is 13.1. The zero-order valence-electron chi connectivity index (χ0n) is 19.5. The van der Waals surface area contributed by atoms with Gasteiger partial charge in [-0.25, -0.2) is 4.99 Å². The average molecular weight is 463 g/mol. The van der Waals surface area contributed by atoms with E-state index in [1.54, 1.807) is 30.5 Å². The molecule has 1 aromatic carbocycles. The van der Waals surface area contributed by atoms with Crippen molar-refractivity contribution in [2.24, 2.45) is 10.7 Å². The SMILES string of the molecule is CCCN(CCC)C(=O)C1=Cc2ccc(C(=O)Nc3cncc(CNC=O)c3)cc2N=C(N)C1. The number of nitrogens with two attached hydrogens (primary N) is 1. The number of amides is 3. The summed E-state index contributed by atoms with van der Waals surface area (Å²) in [7, 11) is 0. The summed E-state index contributed by atoms with van der Waals surface area (Å²) in [6.07, 6.45) is 7.57. The van der Waals surface area contributed by atoms with E-state index in [1.165, 1.54) is 6.20 Å². The molecule has 0 aliphatic carbocycles. The predicted octanol–water partition coefficient (Wildman–Crippen LogP) is 3.00. The first-order valence-electron chi connectivity index (χ1n) is 11.3. The van der Waals surface area contributed by atoms with Gasteiger partial charge in [-0.1, -0.05) is 19.9 Å². The highest BCUT2D eigenvalue weighted by molar-refractivity contribution is 6.07. The van der Waals surface area contributed by atoms with Crippen LogP contribution in [-0.2, 0) is 16.1 Å². The standard InChI is InChI=1S/C25H30N6O3/c1-3-7-31(8-4-2)25(34)20-10-18-5-6-19(11-22(18)30-23(26)12-20)24(33)29-21-9-17(13-27-15-21)14-28-16-32/h5-6,9-11,13,15-16H,3-4,7-8,12,14H2,1-2H3,(H2,26,30)(H,28,32)(H,29,33). The molecule has 34 heavy (non-hydrogen) atoms. The fourth-order valence-electron chi connectivity index (χ4n) is 3.74. The van der Waals surface area contributed by atoms with Crippen LogP contribution < -0.4 is 16.4 Å². The molecule has 0 saturated heterocycles. The summed E-state index contributed by atoms with van der Waals surface area (Å²) in [5, 5.41) is 5.37. The number of amidine groups is 1. The average Bonchev–Trinajstić information content (AvgIpc) is 2.99. The number of nitrogens with one attached hydrogen (secondary N) is 2. The third kappa shape index (κ3) is 6.28. The lowest BCUT2D eigenvalue weighted by Gasteiger charge is -2.22. The Labute approximate surface area is 199 Å². The summed E-state index contributed by atoms with van der Waals surface area (Å²) >= 11 is 0. The first-order chi connectivity index (χ1) is 16.4. The molecule has 1 aliphatic rings. The second-order valence-electron chi connectivity index (χ2n) is 8.05. The first kappa shape index (κ1) is 24.6. The molecule has 0 spiro atoms. The molecule has 4 N–H and O–H groups in total. The number of anilines is 1. The second-order valence-corrected chi connectivity index (χ2v) is 8.05. The Morgan fingerprint density at radius 2 is 1.91 bits per heavy atom. The molecule has 1 aromatic heterocycles. The lowest BCUT2D eigenvalue weighted by Crippen LogP contribution is -2.34. The number of hydrogen-bond donors (Lipinski definition) is 3. The molecule has 0 unspecified atom stereocenters. The minimum atomic E-state index is -0.333. The van der Waals surface area contributed by atoms with Crippen LogP contribution in [-0.4, -0.2) is 47.0 Å². The van der Waals surface area contributed by atoms with Crippen molar-refractivity contribution in [3.63, 3.8) is 0 Å². The number of carbonyl (C=O) groups is 3. The van der Waals surface area contributed by atoms with Gasteiger partial charge in [0.05, 0.1) is 17.6 Å². The number of rotatable bonds is 10. The number of carbonyl (C=O) groups excluding carboxylic acids is 3. The molecular formula is C25H30N6O3. The second kappa shape index (κ2) is 11.7. The summed E-state index contributed by atoms with van der Waals surface area (Å²) < 4.78 is 0. The van der Waals surface area contributed by atoms with E-state index in [2.05, 4.69) is 20.6 Å². The van der Waals surface area contributed by atoms with Gasteiger partial charge in [0.15, 0.2) is 0 Å². The highest BCUT2D eigenvalue weighted by atomic mass is 16.2. The Kier molecular flexibility index (Phi) is 8.50. The smallest absolute Gasteiger partial charge is 0.255 e. The minimum absolute atomic E-state index is 0.0343. The van der Waals surface area contributed by atoms with Crippen molar-refractivity contribution >= 4 is 41.5 Å². The van der Waals surface area contributed by atoms with Gasteiger partial charge in [-0.15, -0.1) is 0 Å². The van der Waals surface area contributed by atoms with E-state index in [0.717, 1.165) is 24.0 Å². The van der Waals surface area contributed by atoms with Gasteiger partial charge in [0, 0.05) is 49.0 Å². The van der Waals surface area contributed by atoms with Crippen LogP contribution in [0.25, 0.3) is 6.08 Å². The van der Waals surface area contributed by atoms with Crippen LogP contribution in [0.2, 0.25) is 0 Å². The molecule has 0 fully saturated rings. The Balaban J connectivity index is 1.83. The van der Waals surface area contributed by atoms with Crippen molar-refractivity contribution < 1.29 is 14.4 Å². The molecular weight excluding hydrogens is 432 g/mol. The van der Waals surface area contributed by atoms with E-state index >= 15 is 0 Å². The molecule has 2 heterocycles. The van der Waals surface area contributed by atoms with E-state index < -0.39 is 0 Å². The van der Waals surface area contributed by atoms with Crippen LogP contribution in [0.1, 0.15) is 54.6 Å². The van der Waals surface area contributed by atoms with Gasteiger partial charge in [-0.3, -0.25) is 19.4 Å². The molecule has 178 valence electrons. The van der Waals surface area contributed by atoms with Crippen molar-refractivity contribution in [2.75, 3.05) is 18.4 Å². The van der Waals surface area contributed by atoms with Gasteiger partial charge in [-0.05, 0) is 42.7 Å². The van der Waals surface area contributed by atoms with Gasteiger partial charge >= 0.3 is 0 Å². The summed E-state index contributed by atoms with van der Waals surface area (Å²) in [5.41, 5.74) is 9.65. The van der Waals surface area contributed by atoms with Crippen LogP contribution >= 0.6 is 0 Å². The van der Waals surface area contributed by atoms with Crippen LogP contribution in [0.15, 0.2) is 47.2 Å². The number of aliphatic imine (C=N–C) groups is 1. The van der Waals surface area contributed by atoms with Gasteiger partial charge in [0.2, 0.25) is 12.3 Å². The summed E-state index contributed by atoms with van der Waals surface area (Å²) in [5.74, 6) is -0.0446. The van der Waals surface area contributed by atoms with Crippen molar-refractivity contribution in [3.05, 3.63) is 58.9 Å². The highest BCUT2D eigenvalue weighted by Gasteiger charge is 2.21. The van der Waals surface area contributed by atoms with E-state index in [0.29, 0.717) is 54.4 Å². The van der Waals surface area contributed by atoms with Crippen molar-refractivity contribution in [2.45, 2.75) is 39.7 Å². The zero-order valence-corrected chi connectivity index (χ0v) is 19.5. The van der Waals surface area contributed by atoms with Gasteiger partial charge in [0.1, 0.15) is 5.84 Å². The van der Waals surface area contributed by atoms with Gasteiger partial charge in [-0.2, -0.15) is 0 Å². The molecule has 9 heteroatoms. The maximum Gasteiger partial charge on any atom is 0.255 e. The Bertz CT molecular complexity index is 1120. The molecule has 3 rings (SSSR count). The molecule has 1 aliphatic heterocycles. The monoisotopic (exact) mass is 462 g/mol. The quantitative estimate of drug-likeness (QED) is 0.467.